The standard InChI is InChI=1S/C27H37N7O5/c1-15-23(29-14-22(26(36)37)33-27(38)39-17(3)16(2)35)30-18(4)31-25(15)34-12-9-19(10-13-34)21-8-7-20-6-5-11-28-24(20)32-21/h7-8,17,19,22H,5-6,9-14H2,1-4H3,(H,28,32)(H,33,38)(H,36,37)(H,29,30,31). The van der Waals surface area contributed by atoms with E-state index in [9.17, 15) is 19.5 Å². The number of ketones is 1. The number of carbonyl (C=O) groups excluding carboxylic acids is 2. The highest BCUT2D eigenvalue weighted by Gasteiger charge is 2.27. The smallest absolute Gasteiger partial charge is 0.408 e. The van der Waals surface area contributed by atoms with Gasteiger partial charge in [-0.25, -0.2) is 24.5 Å². The molecule has 12 nitrogen and oxygen atoms in total. The summed E-state index contributed by atoms with van der Waals surface area (Å²) in [4.78, 5) is 51.4. The molecule has 210 valence electrons. The first kappa shape index (κ1) is 28.1. The number of fused-ring (bicyclic) bond motifs is 1. The van der Waals surface area contributed by atoms with Crippen LogP contribution < -0.4 is 20.9 Å². The van der Waals surface area contributed by atoms with Gasteiger partial charge in [0.25, 0.3) is 0 Å². The zero-order valence-electron chi connectivity index (χ0n) is 22.9. The number of hydrogen-bond acceptors (Lipinski definition) is 10. The number of anilines is 3. The number of rotatable bonds is 9. The van der Waals surface area contributed by atoms with Crippen LogP contribution in [0, 0.1) is 13.8 Å². The molecule has 2 unspecified atom stereocenters. The molecular formula is C27H37N7O5. The lowest BCUT2D eigenvalue weighted by Crippen LogP contribution is -2.46. The zero-order chi connectivity index (χ0) is 28.1. The van der Waals surface area contributed by atoms with Gasteiger partial charge in [0.1, 0.15) is 29.3 Å². The SMILES string of the molecule is CC(=O)C(C)OC(=O)NC(CNc1nc(C)nc(N2CCC(c3ccc4c(n3)NCCC4)CC2)c1C)C(=O)O. The topological polar surface area (TPSA) is 159 Å². The Balaban J connectivity index is 1.39. The second kappa shape index (κ2) is 12.3. The van der Waals surface area contributed by atoms with Crippen LogP contribution in [0.4, 0.5) is 22.2 Å². The monoisotopic (exact) mass is 539 g/mol. The van der Waals surface area contributed by atoms with Crippen molar-refractivity contribution in [2.45, 2.75) is 71.4 Å². The van der Waals surface area contributed by atoms with Crippen molar-refractivity contribution >= 4 is 35.3 Å². The molecule has 4 rings (SSSR count). The molecule has 2 aliphatic rings. The number of aliphatic carboxylic acids is 1. The van der Waals surface area contributed by atoms with Gasteiger partial charge in [0.05, 0.1) is 0 Å². The van der Waals surface area contributed by atoms with Crippen molar-refractivity contribution < 1.29 is 24.2 Å². The molecule has 4 N–H and O–H groups in total. The molecule has 0 saturated carbocycles. The molecule has 0 spiro atoms. The summed E-state index contributed by atoms with van der Waals surface area (Å²) < 4.78 is 4.92. The Morgan fingerprint density at radius 2 is 1.92 bits per heavy atom. The van der Waals surface area contributed by atoms with Gasteiger partial charge in [-0.3, -0.25) is 4.79 Å². The highest BCUT2D eigenvalue weighted by Crippen LogP contribution is 2.33. The number of nitrogens with one attached hydrogen (secondary N) is 3. The molecule has 2 aromatic heterocycles. The predicted molar refractivity (Wildman–Crippen MR) is 146 cm³/mol. The summed E-state index contributed by atoms with van der Waals surface area (Å²) in [5.41, 5.74) is 3.22. The Kier molecular flexibility index (Phi) is 8.82. The number of ether oxygens (including phenoxy) is 1. The van der Waals surface area contributed by atoms with Crippen molar-refractivity contribution in [3.63, 3.8) is 0 Å². The number of aromatic nitrogens is 3. The number of hydrogen-bond donors (Lipinski definition) is 4. The fraction of sp³-hybridized carbons (Fsp3) is 0.556. The summed E-state index contributed by atoms with van der Waals surface area (Å²) in [5.74, 6) is 1.68. The van der Waals surface area contributed by atoms with Crippen LogP contribution >= 0.6 is 0 Å². The number of carboxylic acid groups (broad SMARTS) is 1. The van der Waals surface area contributed by atoms with Crippen molar-refractivity contribution in [2.24, 2.45) is 0 Å². The van der Waals surface area contributed by atoms with Gasteiger partial charge in [0.15, 0.2) is 11.9 Å². The number of pyridine rings is 1. The van der Waals surface area contributed by atoms with Gasteiger partial charge in [0, 0.05) is 43.4 Å². The normalized spacial score (nSPS) is 16.9. The van der Waals surface area contributed by atoms with Crippen molar-refractivity contribution in [1.82, 2.24) is 20.3 Å². The minimum Gasteiger partial charge on any atom is -0.480 e. The maximum Gasteiger partial charge on any atom is 0.408 e. The van der Waals surface area contributed by atoms with E-state index in [1.54, 1.807) is 6.92 Å². The largest absolute Gasteiger partial charge is 0.480 e. The maximum atomic E-state index is 12.0. The first-order valence-electron chi connectivity index (χ1n) is 13.4. The van der Waals surface area contributed by atoms with Gasteiger partial charge in [-0.15, -0.1) is 0 Å². The maximum absolute atomic E-state index is 12.0. The summed E-state index contributed by atoms with van der Waals surface area (Å²) in [6.07, 6.45) is 2.16. The van der Waals surface area contributed by atoms with E-state index in [0.717, 1.165) is 68.2 Å². The highest BCUT2D eigenvalue weighted by atomic mass is 16.6. The highest BCUT2D eigenvalue weighted by molar-refractivity contribution is 5.84. The molecule has 2 atom stereocenters. The van der Waals surface area contributed by atoms with Gasteiger partial charge < -0.3 is 30.7 Å². The van der Waals surface area contributed by atoms with E-state index in [2.05, 4.69) is 43.0 Å². The number of nitrogens with zero attached hydrogens (tertiary/aromatic N) is 4. The Morgan fingerprint density at radius 1 is 1.18 bits per heavy atom. The van der Waals surface area contributed by atoms with Crippen LogP contribution in [0.25, 0.3) is 0 Å². The summed E-state index contributed by atoms with van der Waals surface area (Å²) in [5, 5.41) is 18.3. The second-order valence-electron chi connectivity index (χ2n) is 10.2. The third kappa shape index (κ3) is 6.92. The lowest BCUT2D eigenvalue weighted by molar-refractivity contribution is -0.139. The predicted octanol–water partition coefficient (Wildman–Crippen LogP) is 2.80. The van der Waals surface area contributed by atoms with Crippen molar-refractivity contribution in [2.75, 3.05) is 41.7 Å². The van der Waals surface area contributed by atoms with Gasteiger partial charge in [-0.05, 0) is 65.0 Å². The molecule has 1 fully saturated rings. The number of Topliss-reactive ketones (excluding diaryl/α,β-unsaturated/α-hetero) is 1. The van der Waals surface area contributed by atoms with E-state index in [1.165, 1.54) is 19.4 Å². The summed E-state index contributed by atoms with van der Waals surface area (Å²) in [7, 11) is 0. The van der Waals surface area contributed by atoms with Crippen molar-refractivity contribution in [1.29, 1.82) is 0 Å². The molecule has 0 aliphatic carbocycles. The van der Waals surface area contributed by atoms with Crippen LogP contribution in [-0.4, -0.2) is 76.2 Å². The van der Waals surface area contributed by atoms with Crippen LogP contribution in [0.5, 0.6) is 0 Å². The van der Waals surface area contributed by atoms with Gasteiger partial charge >= 0.3 is 12.1 Å². The van der Waals surface area contributed by atoms with Crippen LogP contribution in [0.15, 0.2) is 12.1 Å². The zero-order valence-corrected chi connectivity index (χ0v) is 22.9. The van der Waals surface area contributed by atoms with E-state index in [1.807, 2.05) is 6.92 Å². The first-order chi connectivity index (χ1) is 18.6. The van der Waals surface area contributed by atoms with Gasteiger partial charge in [0.2, 0.25) is 0 Å². The number of carbonyl (C=O) groups is 3. The molecule has 2 aliphatic heterocycles. The number of aryl methyl sites for hydroxylation is 2. The minimum absolute atomic E-state index is 0.129. The fourth-order valence-electron chi connectivity index (χ4n) is 4.87. The molecule has 1 amide bonds. The molecule has 12 heteroatoms. The molecule has 39 heavy (non-hydrogen) atoms. The Labute approximate surface area is 228 Å². The Hall–Kier alpha value is -3.96. The van der Waals surface area contributed by atoms with Crippen molar-refractivity contribution in [3.8, 4) is 0 Å². The Bertz CT molecular complexity index is 1230. The van der Waals surface area contributed by atoms with E-state index in [-0.39, 0.29) is 12.3 Å². The summed E-state index contributed by atoms with van der Waals surface area (Å²) in [6, 6.07) is 3.08. The molecular weight excluding hydrogens is 502 g/mol. The summed E-state index contributed by atoms with van der Waals surface area (Å²) >= 11 is 0. The number of amides is 1. The quantitative estimate of drug-likeness (QED) is 0.371. The Morgan fingerprint density at radius 3 is 2.62 bits per heavy atom. The lowest BCUT2D eigenvalue weighted by atomic mass is 9.92. The molecule has 0 radical (unpaired) electrons. The van der Waals surface area contributed by atoms with E-state index in [0.29, 0.717) is 17.6 Å². The van der Waals surface area contributed by atoms with Crippen LogP contribution in [0.2, 0.25) is 0 Å². The average Bonchev–Trinajstić information content (AvgIpc) is 2.92. The first-order valence-corrected chi connectivity index (χ1v) is 13.4. The number of carboxylic acids is 1. The van der Waals surface area contributed by atoms with Crippen molar-refractivity contribution in [3.05, 3.63) is 34.8 Å². The second-order valence-corrected chi connectivity index (χ2v) is 10.2. The van der Waals surface area contributed by atoms with Gasteiger partial charge in [-0.2, -0.15) is 0 Å². The molecule has 4 heterocycles. The molecule has 0 bridgehead atoms. The summed E-state index contributed by atoms with van der Waals surface area (Å²) in [6.45, 7) is 8.86. The van der Waals surface area contributed by atoms with Crippen LogP contribution in [-0.2, 0) is 20.7 Å². The van der Waals surface area contributed by atoms with E-state index < -0.39 is 24.2 Å². The van der Waals surface area contributed by atoms with E-state index in [4.69, 9.17) is 9.72 Å². The van der Waals surface area contributed by atoms with Gasteiger partial charge in [-0.1, -0.05) is 6.07 Å². The third-order valence-electron chi connectivity index (χ3n) is 7.28. The fourth-order valence-corrected chi connectivity index (χ4v) is 4.87. The molecule has 0 aromatic carbocycles. The van der Waals surface area contributed by atoms with E-state index >= 15 is 0 Å². The van der Waals surface area contributed by atoms with Crippen LogP contribution in [0.3, 0.4) is 0 Å². The molecule has 1 saturated heterocycles. The minimum atomic E-state index is -1.29. The lowest BCUT2D eigenvalue weighted by Gasteiger charge is -2.34. The number of alkyl carbamates (subject to hydrolysis) is 1. The van der Waals surface area contributed by atoms with Crippen LogP contribution in [0.1, 0.15) is 61.7 Å². The third-order valence-corrected chi connectivity index (χ3v) is 7.28. The molecule has 2 aromatic rings. The average molecular weight is 540 g/mol. The number of piperidine rings is 1.